The van der Waals surface area contributed by atoms with Crippen molar-refractivity contribution < 1.29 is 19.8 Å². The first kappa shape index (κ1) is 16.5. The number of carboxylic acids is 1. The van der Waals surface area contributed by atoms with E-state index < -0.39 is 16.6 Å². The lowest BCUT2D eigenvalue weighted by molar-refractivity contribution is -0.152. The van der Waals surface area contributed by atoms with Crippen molar-refractivity contribution >= 4 is 35.4 Å². The molecule has 0 aliphatic carbocycles. The number of hydrogen-bond acceptors (Lipinski definition) is 8. The predicted molar refractivity (Wildman–Crippen MR) is 82.8 cm³/mol. The fourth-order valence-corrected chi connectivity index (χ4v) is 5.35. The van der Waals surface area contributed by atoms with E-state index in [1.807, 2.05) is 0 Å². The lowest BCUT2D eigenvalue weighted by atomic mass is 9.95. The molecule has 1 amide bonds. The molecule has 2 N–H and O–H groups in total. The Morgan fingerprint density at radius 1 is 1.57 bits per heavy atom. The molecule has 1 aromatic heterocycles. The molecule has 1 aromatic rings. The van der Waals surface area contributed by atoms with Crippen molar-refractivity contribution in [3.63, 3.8) is 0 Å². The van der Waals surface area contributed by atoms with Crippen LogP contribution in [0.15, 0.2) is 5.16 Å². The van der Waals surface area contributed by atoms with E-state index >= 15 is 0 Å². The molecule has 2 fully saturated rings. The Labute approximate surface area is 140 Å². The minimum Gasteiger partial charge on any atom is -0.480 e. The van der Waals surface area contributed by atoms with E-state index in [0.29, 0.717) is 23.8 Å². The number of tetrazole rings is 1. The largest absolute Gasteiger partial charge is 0.480 e. The Balaban J connectivity index is 1.57. The van der Waals surface area contributed by atoms with Gasteiger partial charge in [0.15, 0.2) is 0 Å². The van der Waals surface area contributed by atoms with E-state index in [1.165, 1.54) is 23.5 Å². The van der Waals surface area contributed by atoms with Crippen LogP contribution in [-0.4, -0.2) is 76.2 Å². The number of carboxylic acid groups (broad SMARTS) is 1. The molecule has 11 heteroatoms. The van der Waals surface area contributed by atoms with Crippen LogP contribution in [0.5, 0.6) is 0 Å². The normalized spacial score (nSPS) is 29.5. The number of aliphatic hydroxyl groups is 1. The van der Waals surface area contributed by atoms with E-state index in [2.05, 4.69) is 15.5 Å². The van der Waals surface area contributed by atoms with Gasteiger partial charge in [-0.15, -0.1) is 16.9 Å². The monoisotopic (exact) mass is 359 g/mol. The molecule has 2 saturated heterocycles. The molecular formula is C12H17N5O4S2. The highest BCUT2D eigenvalue weighted by atomic mass is 32.2. The van der Waals surface area contributed by atoms with Crippen LogP contribution in [0.3, 0.4) is 0 Å². The molecule has 3 atom stereocenters. The highest BCUT2D eigenvalue weighted by Crippen LogP contribution is 2.51. The van der Waals surface area contributed by atoms with Crippen LogP contribution in [-0.2, 0) is 16.6 Å². The Kier molecular flexibility index (Phi) is 4.52. The fraction of sp³-hybridized carbons (Fsp3) is 0.750. The third kappa shape index (κ3) is 2.81. The van der Waals surface area contributed by atoms with E-state index in [4.69, 9.17) is 0 Å². The highest BCUT2D eigenvalue weighted by molar-refractivity contribution is 8.02. The standard InChI is InChI=1S/C12H17N5O4S2/c1-16-11(13-14-15-16)22-4-2-3-12(10(20)21)6-17-8(19)7(5-18)9(17)23-12/h7,9,18H,2-6H2,1H3,(H,20,21)/t7-,9+,12?/m0/s1. The van der Waals surface area contributed by atoms with E-state index in [9.17, 15) is 19.8 Å². The van der Waals surface area contributed by atoms with Crippen LogP contribution in [0.1, 0.15) is 12.8 Å². The molecule has 2 aliphatic heterocycles. The van der Waals surface area contributed by atoms with Crippen LogP contribution in [0.4, 0.5) is 0 Å². The molecule has 0 saturated carbocycles. The maximum atomic E-state index is 11.8. The summed E-state index contributed by atoms with van der Waals surface area (Å²) in [5.41, 5.74) is 0. The zero-order valence-electron chi connectivity index (χ0n) is 12.5. The third-order valence-electron chi connectivity index (χ3n) is 4.15. The number of nitrogens with zero attached hydrogens (tertiary/aromatic N) is 5. The quantitative estimate of drug-likeness (QED) is 0.374. The Hall–Kier alpha value is -1.33. The van der Waals surface area contributed by atoms with Crippen molar-refractivity contribution in [2.24, 2.45) is 13.0 Å². The molecule has 3 heterocycles. The summed E-state index contributed by atoms with van der Waals surface area (Å²) >= 11 is 2.77. The maximum absolute atomic E-state index is 11.8. The van der Waals surface area contributed by atoms with Gasteiger partial charge in [0.1, 0.15) is 4.75 Å². The van der Waals surface area contributed by atoms with Gasteiger partial charge in [0.25, 0.3) is 0 Å². The van der Waals surface area contributed by atoms with Gasteiger partial charge in [-0.3, -0.25) is 9.59 Å². The van der Waals surface area contributed by atoms with Crippen LogP contribution in [0.25, 0.3) is 0 Å². The summed E-state index contributed by atoms with van der Waals surface area (Å²) in [5.74, 6) is -0.800. The summed E-state index contributed by atoms with van der Waals surface area (Å²) in [6.45, 7) is -0.0130. The van der Waals surface area contributed by atoms with Crippen LogP contribution < -0.4 is 0 Å². The van der Waals surface area contributed by atoms with Crippen LogP contribution >= 0.6 is 23.5 Å². The number of fused-ring (bicyclic) bond motifs is 1. The number of hydrogen-bond donors (Lipinski definition) is 2. The molecule has 0 spiro atoms. The van der Waals surface area contributed by atoms with Crippen LogP contribution in [0.2, 0.25) is 0 Å². The van der Waals surface area contributed by atoms with E-state index in [0.717, 1.165) is 0 Å². The lowest BCUT2D eigenvalue weighted by Gasteiger charge is -2.40. The second-order valence-electron chi connectivity index (χ2n) is 5.60. The molecule has 0 bridgehead atoms. The molecule has 2 aliphatic rings. The SMILES string of the molecule is Cn1nnnc1SCCCC1(C(=O)O)CN2C(=O)[C@H](CO)[C@H]2S1. The number of aliphatic carboxylic acids is 1. The minimum atomic E-state index is -0.983. The van der Waals surface area contributed by atoms with Crippen molar-refractivity contribution in [3.05, 3.63) is 0 Å². The first-order valence-electron chi connectivity index (χ1n) is 7.16. The Morgan fingerprint density at radius 2 is 2.35 bits per heavy atom. The van der Waals surface area contributed by atoms with Gasteiger partial charge in [-0.1, -0.05) is 11.8 Å². The second-order valence-corrected chi connectivity index (χ2v) is 8.16. The average Bonchev–Trinajstić information content (AvgIpc) is 3.07. The van der Waals surface area contributed by atoms with E-state index in [1.54, 1.807) is 16.6 Å². The molecule has 126 valence electrons. The predicted octanol–water partition coefficient (Wildman–Crippen LogP) is -0.571. The zero-order chi connectivity index (χ0) is 16.6. The highest BCUT2D eigenvalue weighted by Gasteiger charge is 2.61. The molecule has 0 radical (unpaired) electrons. The van der Waals surface area contributed by atoms with Gasteiger partial charge in [-0.2, -0.15) is 0 Å². The number of β-lactam (4-membered cyclic amide) rings is 1. The van der Waals surface area contributed by atoms with Crippen LogP contribution in [0, 0.1) is 5.92 Å². The lowest BCUT2D eigenvalue weighted by Crippen LogP contribution is -2.58. The topological polar surface area (TPSA) is 121 Å². The number of aliphatic hydroxyl groups excluding tert-OH is 1. The van der Waals surface area contributed by atoms with Gasteiger partial charge in [0.2, 0.25) is 11.1 Å². The fourth-order valence-electron chi connectivity index (χ4n) is 2.85. The summed E-state index contributed by atoms with van der Waals surface area (Å²) in [7, 11) is 1.75. The summed E-state index contributed by atoms with van der Waals surface area (Å²) < 4.78 is 0.585. The van der Waals surface area contributed by atoms with Gasteiger partial charge in [0, 0.05) is 19.3 Å². The van der Waals surface area contributed by atoms with Crippen molar-refractivity contribution in [2.45, 2.75) is 28.1 Å². The molecule has 3 rings (SSSR count). The summed E-state index contributed by atoms with van der Waals surface area (Å²) in [5, 5.41) is 30.5. The summed E-state index contributed by atoms with van der Waals surface area (Å²) in [4.78, 5) is 25.2. The number of carbonyl (C=O) groups excluding carboxylic acids is 1. The number of rotatable bonds is 7. The number of aryl methyl sites for hydroxylation is 1. The smallest absolute Gasteiger partial charge is 0.321 e. The van der Waals surface area contributed by atoms with E-state index in [-0.39, 0.29) is 24.4 Å². The zero-order valence-corrected chi connectivity index (χ0v) is 14.1. The van der Waals surface area contributed by atoms with Gasteiger partial charge in [0.05, 0.1) is 17.9 Å². The van der Waals surface area contributed by atoms with Gasteiger partial charge in [-0.05, 0) is 23.3 Å². The maximum Gasteiger partial charge on any atom is 0.321 e. The minimum absolute atomic E-state index is 0.146. The number of carbonyl (C=O) groups is 2. The molecule has 1 unspecified atom stereocenters. The van der Waals surface area contributed by atoms with Gasteiger partial charge >= 0.3 is 5.97 Å². The van der Waals surface area contributed by atoms with Crippen molar-refractivity contribution in [3.8, 4) is 0 Å². The number of thioether (sulfide) groups is 2. The second kappa shape index (κ2) is 6.29. The Bertz CT molecular complexity index is 626. The van der Waals surface area contributed by atoms with Crippen molar-refractivity contribution in [2.75, 3.05) is 18.9 Å². The number of aromatic nitrogens is 4. The molecular weight excluding hydrogens is 342 g/mol. The number of amides is 1. The summed E-state index contributed by atoms with van der Waals surface area (Å²) in [6.07, 6.45) is 1.14. The van der Waals surface area contributed by atoms with Crippen molar-refractivity contribution in [1.82, 2.24) is 25.1 Å². The van der Waals surface area contributed by atoms with Gasteiger partial charge in [-0.25, -0.2) is 4.68 Å². The molecule has 0 aromatic carbocycles. The average molecular weight is 359 g/mol. The first-order chi connectivity index (χ1) is 11.0. The third-order valence-corrected chi connectivity index (χ3v) is 7.03. The first-order valence-corrected chi connectivity index (χ1v) is 9.03. The van der Waals surface area contributed by atoms with Crippen molar-refractivity contribution in [1.29, 1.82) is 0 Å². The van der Waals surface area contributed by atoms with Gasteiger partial charge < -0.3 is 15.1 Å². The summed E-state index contributed by atoms with van der Waals surface area (Å²) in [6, 6.07) is 0. The molecule has 23 heavy (non-hydrogen) atoms. The molecule has 9 nitrogen and oxygen atoms in total. The Morgan fingerprint density at radius 3 is 2.96 bits per heavy atom.